The minimum atomic E-state index is -0.145. The molecule has 0 saturated carbocycles. The number of hydrogen-bond donors (Lipinski definition) is 0. The van der Waals surface area contributed by atoms with Crippen molar-refractivity contribution >= 4 is 11.8 Å². The lowest BCUT2D eigenvalue weighted by Gasteiger charge is -2.40. The van der Waals surface area contributed by atoms with Gasteiger partial charge >= 0.3 is 0 Å². The summed E-state index contributed by atoms with van der Waals surface area (Å²) in [5.41, 5.74) is 2.40. The summed E-state index contributed by atoms with van der Waals surface area (Å²) in [6.45, 7) is 6.67. The molecule has 1 aromatic heterocycles. The van der Waals surface area contributed by atoms with Gasteiger partial charge in [-0.15, -0.1) is 0 Å². The van der Waals surface area contributed by atoms with Crippen molar-refractivity contribution < 1.29 is 19.1 Å². The van der Waals surface area contributed by atoms with E-state index in [1.807, 2.05) is 25.8 Å². The second-order valence-corrected chi connectivity index (χ2v) is 7.79. The second-order valence-electron chi connectivity index (χ2n) is 7.79. The molecule has 0 spiro atoms. The summed E-state index contributed by atoms with van der Waals surface area (Å²) in [7, 11) is 1.85. The van der Waals surface area contributed by atoms with Gasteiger partial charge in [0.25, 0.3) is 5.91 Å². The van der Waals surface area contributed by atoms with Gasteiger partial charge in [0.05, 0.1) is 17.9 Å². The molecule has 8 nitrogen and oxygen atoms in total. The van der Waals surface area contributed by atoms with Crippen molar-refractivity contribution in [2.24, 2.45) is 7.05 Å². The number of amides is 2. The Morgan fingerprint density at radius 3 is 2.63 bits per heavy atom. The number of carbonyl (C=O) groups is 2. The third-order valence-electron chi connectivity index (χ3n) is 5.89. The molecule has 4 rings (SSSR count). The first kappa shape index (κ1) is 18.4. The summed E-state index contributed by atoms with van der Waals surface area (Å²) in [6.07, 6.45) is 2.39. The van der Waals surface area contributed by atoms with Crippen LogP contribution in [0.5, 0.6) is 0 Å². The predicted molar refractivity (Wildman–Crippen MR) is 97.3 cm³/mol. The van der Waals surface area contributed by atoms with Crippen LogP contribution in [0.25, 0.3) is 0 Å². The van der Waals surface area contributed by atoms with Crippen LogP contribution in [0.2, 0.25) is 0 Å². The van der Waals surface area contributed by atoms with E-state index in [2.05, 4.69) is 5.10 Å². The van der Waals surface area contributed by atoms with Crippen molar-refractivity contribution in [3.8, 4) is 0 Å². The summed E-state index contributed by atoms with van der Waals surface area (Å²) < 4.78 is 13.0. The zero-order valence-electron chi connectivity index (χ0n) is 16.3. The molecule has 27 heavy (non-hydrogen) atoms. The van der Waals surface area contributed by atoms with Crippen molar-refractivity contribution in [1.82, 2.24) is 19.6 Å². The molecule has 0 N–H and O–H groups in total. The molecule has 0 unspecified atom stereocenters. The maximum atomic E-state index is 13.1. The Labute approximate surface area is 159 Å². The fourth-order valence-electron chi connectivity index (χ4n) is 4.60. The highest BCUT2D eigenvalue weighted by Gasteiger charge is 2.36. The van der Waals surface area contributed by atoms with Gasteiger partial charge in [-0.05, 0) is 26.7 Å². The molecule has 3 aliphatic rings. The predicted octanol–water partition coefficient (Wildman–Crippen LogP) is 0.906. The van der Waals surface area contributed by atoms with E-state index in [0.717, 1.165) is 24.1 Å². The van der Waals surface area contributed by atoms with Crippen LogP contribution in [0.1, 0.15) is 54.5 Å². The Morgan fingerprint density at radius 2 is 1.93 bits per heavy atom. The van der Waals surface area contributed by atoms with Gasteiger partial charge in [0.15, 0.2) is 5.69 Å². The Balaban J connectivity index is 1.50. The monoisotopic (exact) mass is 376 g/mol. The van der Waals surface area contributed by atoms with Gasteiger partial charge in [-0.3, -0.25) is 14.3 Å². The highest BCUT2D eigenvalue weighted by atomic mass is 16.5. The van der Waals surface area contributed by atoms with Crippen LogP contribution >= 0.6 is 0 Å². The minimum Gasteiger partial charge on any atom is -0.381 e. The van der Waals surface area contributed by atoms with Gasteiger partial charge in [-0.25, -0.2) is 0 Å². The average molecular weight is 376 g/mol. The molecule has 0 radical (unpaired) electrons. The second kappa shape index (κ2) is 7.24. The van der Waals surface area contributed by atoms with Crippen LogP contribution in [0.3, 0.4) is 0 Å². The summed E-state index contributed by atoms with van der Waals surface area (Å²) in [5.74, 6) is -0.121. The fraction of sp³-hybridized carbons (Fsp3) is 0.737. The third-order valence-corrected chi connectivity index (χ3v) is 5.89. The van der Waals surface area contributed by atoms with E-state index in [1.165, 1.54) is 0 Å². The van der Waals surface area contributed by atoms with Crippen molar-refractivity contribution in [3.63, 3.8) is 0 Å². The highest BCUT2D eigenvalue weighted by molar-refractivity contribution is 5.97. The molecule has 148 valence electrons. The molecule has 1 aromatic rings. The number of hydrogen-bond acceptors (Lipinski definition) is 5. The van der Waals surface area contributed by atoms with E-state index in [4.69, 9.17) is 9.47 Å². The summed E-state index contributed by atoms with van der Waals surface area (Å²) in [4.78, 5) is 29.4. The number of rotatable bonds is 2. The Bertz CT molecular complexity index is 740. The molecule has 2 saturated heterocycles. The normalized spacial score (nSPS) is 27.0. The van der Waals surface area contributed by atoms with E-state index >= 15 is 0 Å². The standard InChI is InChI=1S/C19H28N4O4/c1-12-10-15-17(20-21(3)18(15)13(2)27-12)19(25)22-6-7-23(16(24)11-22)14-4-8-26-9-5-14/h12-14H,4-11H2,1-3H3/t12-,13+/m1/s1. The molecular weight excluding hydrogens is 348 g/mol. The zero-order chi connectivity index (χ0) is 19.1. The van der Waals surface area contributed by atoms with Crippen LogP contribution in [-0.2, 0) is 27.7 Å². The minimum absolute atomic E-state index is 0.0244. The SMILES string of the molecule is C[C@@H]1Cc2c(C(=O)N3CCN(C4CCOCC4)C(=O)C3)nn(C)c2[C@H](C)O1. The summed E-state index contributed by atoms with van der Waals surface area (Å²) in [6, 6.07) is 0.241. The molecule has 0 bridgehead atoms. The van der Waals surface area contributed by atoms with Crippen molar-refractivity contribution in [3.05, 3.63) is 17.0 Å². The lowest BCUT2D eigenvalue weighted by molar-refractivity contribution is -0.139. The van der Waals surface area contributed by atoms with E-state index < -0.39 is 0 Å². The first-order valence-corrected chi connectivity index (χ1v) is 9.83. The van der Waals surface area contributed by atoms with Crippen LogP contribution in [-0.4, -0.2) is 76.4 Å². The van der Waals surface area contributed by atoms with Gasteiger partial charge in [-0.2, -0.15) is 5.10 Å². The summed E-state index contributed by atoms with van der Waals surface area (Å²) in [5, 5.41) is 4.49. The van der Waals surface area contributed by atoms with Crippen molar-refractivity contribution in [1.29, 1.82) is 0 Å². The lowest BCUT2D eigenvalue weighted by Crippen LogP contribution is -2.56. The Morgan fingerprint density at radius 1 is 1.19 bits per heavy atom. The van der Waals surface area contributed by atoms with Gasteiger partial charge in [-0.1, -0.05) is 0 Å². The van der Waals surface area contributed by atoms with E-state index in [9.17, 15) is 9.59 Å². The highest BCUT2D eigenvalue weighted by Crippen LogP contribution is 2.32. The third kappa shape index (κ3) is 3.36. The molecule has 2 atom stereocenters. The van der Waals surface area contributed by atoms with Gasteiger partial charge < -0.3 is 19.3 Å². The number of aromatic nitrogens is 2. The van der Waals surface area contributed by atoms with Crippen molar-refractivity contribution in [2.45, 2.75) is 51.4 Å². The molecule has 2 fully saturated rings. The smallest absolute Gasteiger partial charge is 0.275 e. The Hall–Kier alpha value is -1.93. The number of nitrogens with zero attached hydrogens (tertiary/aromatic N) is 4. The van der Waals surface area contributed by atoms with E-state index in [1.54, 1.807) is 9.58 Å². The number of fused-ring (bicyclic) bond motifs is 1. The Kier molecular flexibility index (Phi) is 4.94. The first-order valence-electron chi connectivity index (χ1n) is 9.83. The van der Waals surface area contributed by atoms with Gasteiger partial charge in [0, 0.05) is 51.4 Å². The van der Waals surface area contributed by atoms with Crippen LogP contribution in [0, 0.1) is 0 Å². The van der Waals surface area contributed by atoms with Crippen LogP contribution in [0.4, 0.5) is 0 Å². The fourth-order valence-corrected chi connectivity index (χ4v) is 4.60. The number of ether oxygens (including phenoxy) is 2. The lowest BCUT2D eigenvalue weighted by atomic mass is 9.99. The van der Waals surface area contributed by atoms with E-state index in [0.29, 0.717) is 38.4 Å². The molecular formula is C19H28N4O4. The number of piperazine rings is 1. The molecule has 0 aromatic carbocycles. The topological polar surface area (TPSA) is 76.9 Å². The van der Waals surface area contributed by atoms with Crippen molar-refractivity contribution in [2.75, 3.05) is 32.8 Å². The molecule has 8 heteroatoms. The van der Waals surface area contributed by atoms with Gasteiger partial charge in [0.1, 0.15) is 6.54 Å². The maximum Gasteiger partial charge on any atom is 0.275 e. The van der Waals surface area contributed by atoms with E-state index in [-0.39, 0.29) is 36.6 Å². The molecule has 2 amide bonds. The maximum absolute atomic E-state index is 13.1. The average Bonchev–Trinajstić information content (AvgIpc) is 2.98. The zero-order valence-corrected chi connectivity index (χ0v) is 16.3. The largest absolute Gasteiger partial charge is 0.381 e. The molecule has 4 heterocycles. The quantitative estimate of drug-likeness (QED) is 0.767. The first-order chi connectivity index (χ1) is 13.0. The van der Waals surface area contributed by atoms with Gasteiger partial charge in [0.2, 0.25) is 5.91 Å². The summed E-state index contributed by atoms with van der Waals surface area (Å²) >= 11 is 0. The van der Waals surface area contributed by atoms with Crippen LogP contribution < -0.4 is 0 Å². The molecule has 3 aliphatic heterocycles. The molecule has 0 aliphatic carbocycles. The number of aryl methyl sites for hydroxylation is 1. The number of carbonyl (C=O) groups excluding carboxylic acids is 2. The van der Waals surface area contributed by atoms with Crippen LogP contribution in [0.15, 0.2) is 0 Å².